The number of β-lactam (4-membered cyclic amide) rings is 1. The van der Waals surface area contributed by atoms with Crippen molar-refractivity contribution < 1.29 is 67.2 Å². The van der Waals surface area contributed by atoms with E-state index in [1.807, 2.05) is 82.3 Å². The lowest BCUT2D eigenvalue weighted by atomic mass is 9.82. The Morgan fingerprint density at radius 1 is 0.759 bits per heavy atom. The number of hydrogen-bond donors (Lipinski definition) is 1. The van der Waals surface area contributed by atoms with Gasteiger partial charge < -0.3 is 38.8 Å². The molecule has 2 fully saturated rings. The lowest BCUT2D eigenvalue weighted by Gasteiger charge is -2.41. The van der Waals surface area contributed by atoms with Crippen LogP contribution in [0.3, 0.4) is 0 Å². The van der Waals surface area contributed by atoms with Crippen LogP contribution in [0.1, 0.15) is 129 Å². The van der Waals surface area contributed by atoms with E-state index in [-0.39, 0.29) is 137 Å². The van der Waals surface area contributed by atoms with Gasteiger partial charge in [-0.05, 0) is 68.1 Å². The Kier molecular flexibility index (Phi) is 26.6. The molecule has 2 aliphatic heterocycles. The molecule has 0 radical (unpaired) electrons. The van der Waals surface area contributed by atoms with Crippen molar-refractivity contribution in [1.29, 1.82) is 0 Å². The molecule has 18 nitrogen and oxygen atoms in total. The monoisotopic (exact) mass is 1100 g/mol. The molecule has 0 unspecified atom stereocenters. The number of carbonyl (C=O) groups is 9. The highest BCUT2D eigenvalue weighted by Crippen LogP contribution is 2.32. The predicted molar refractivity (Wildman–Crippen MR) is 298 cm³/mol. The van der Waals surface area contributed by atoms with Crippen molar-refractivity contribution in [3.8, 4) is 0 Å². The Hall–Kier alpha value is -5.69. The number of ether oxygens (including phenoxy) is 4. The van der Waals surface area contributed by atoms with E-state index in [9.17, 15) is 48.3 Å². The van der Waals surface area contributed by atoms with Gasteiger partial charge in [-0.2, -0.15) is 0 Å². The molecule has 0 bridgehead atoms. The second kappa shape index (κ2) is 31.9. The Morgan fingerprint density at radius 3 is 1.95 bits per heavy atom. The van der Waals surface area contributed by atoms with E-state index >= 15 is 0 Å². The lowest BCUT2D eigenvalue weighted by Crippen LogP contribution is -2.55. The summed E-state index contributed by atoms with van der Waals surface area (Å²) < 4.78 is 23.3. The van der Waals surface area contributed by atoms with Crippen LogP contribution in [0.2, 0.25) is 0 Å². The maximum absolute atomic E-state index is 14.7. The second-order valence-electron chi connectivity index (χ2n) is 22.4. The van der Waals surface area contributed by atoms with Crippen LogP contribution < -0.4 is 0 Å². The van der Waals surface area contributed by atoms with Gasteiger partial charge in [0.25, 0.3) is 0 Å². The molecule has 2 aliphatic rings. The van der Waals surface area contributed by atoms with Crippen molar-refractivity contribution in [2.45, 2.75) is 162 Å². The number of aryl methyl sites for hydroxylation is 1. The van der Waals surface area contributed by atoms with Gasteiger partial charge in [0.15, 0.2) is 5.78 Å². The van der Waals surface area contributed by atoms with Crippen molar-refractivity contribution in [3.05, 3.63) is 71.3 Å². The first-order valence-electron chi connectivity index (χ1n) is 28.3. The molecule has 2 aromatic rings. The molecule has 1 N–H and O–H groups in total. The molecule has 0 aromatic heterocycles. The number of likely N-dealkylation sites (N-methyl/N-ethyl adjacent to an activating group) is 2. The van der Waals surface area contributed by atoms with Crippen LogP contribution in [0, 0.1) is 29.6 Å². The summed E-state index contributed by atoms with van der Waals surface area (Å²) >= 11 is 0. The van der Waals surface area contributed by atoms with E-state index in [4.69, 9.17) is 18.9 Å². The Bertz CT molecular complexity index is 2360. The molecule has 2 aromatic carbocycles. The van der Waals surface area contributed by atoms with E-state index < -0.39 is 53.6 Å². The van der Waals surface area contributed by atoms with Gasteiger partial charge in [-0.1, -0.05) is 95.6 Å². The van der Waals surface area contributed by atoms with Crippen molar-refractivity contribution >= 4 is 52.9 Å². The summed E-state index contributed by atoms with van der Waals surface area (Å²) in [5, 5.41) is 10.0. The van der Waals surface area contributed by atoms with Gasteiger partial charge in [-0.25, -0.2) is 0 Å². The van der Waals surface area contributed by atoms with Gasteiger partial charge in [0, 0.05) is 91.8 Å². The summed E-state index contributed by atoms with van der Waals surface area (Å²) in [6, 6.07) is 15.7. The summed E-state index contributed by atoms with van der Waals surface area (Å²) in [6.07, 6.45) is 2.07. The number of ketones is 3. The molecule has 0 aliphatic carbocycles. The van der Waals surface area contributed by atoms with E-state index in [1.165, 1.54) is 24.0 Å². The molecule has 5 amide bonds. The fraction of sp³-hybridized carbons (Fsp3) is 0.656. The molecule has 0 spiro atoms. The number of Topliss-reactive ketones (excluding diaryl/α,β-unsaturated/α-hetero) is 3. The van der Waals surface area contributed by atoms with Crippen LogP contribution in [-0.2, 0) is 81.4 Å². The fourth-order valence-corrected chi connectivity index (χ4v) is 10.7. The largest absolute Gasteiger partial charge is 0.481 e. The number of carbonyl (C=O) groups excluding carboxylic acids is 8. The van der Waals surface area contributed by atoms with Gasteiger partial charge in [0.1, 0.15) is 11.6 Å². The molecule has 0 saturated carbocycles. The summed E-state index contributed by atoms with van der Waals surface area (Å²) in [5.41, 5.74) is 1.38. The maximum atomic E-state index is 14.7. The minimum absolute atomic E-state index is 0.00571. The normalized spacial score (nSPS) is 17.3. The SMILES string of the molecule is CC[C@H](C)[C@@H]([C@@H](CC(=O)N1CCC[C@H]1[C@H](OC)[C@@H](C)C(=O)C[C@@H](Cc1ccccc1)C(=O)O)OC)N(C)C(=O)[C@@H](CC(=O)C(C)(C)N(C)C(=O)CCOCCOCCC(=O)Cc1ccc(CCC(=O)N2CCC2=O)cc1)C(C)C. The summed E-state index contributed by atoms with van der Waals surface area (Å²) in [6.45, 7) is 14.5. The van der Waals surface area contributed by atoms with E-state index in [0.717, 1.165) is 16.7 Å². The average Bonchev–Trinajstić information content (AvgIpc) is 3.92. The molecule has 4 rings (SSSR count). The summed E-state index contributed by atoms with van der Waals surface area (Å²) in [5.74, 6) is -5.40. The van der Waals surface area contributed by atoms with Crippen molar-refractivity contribution in [2.75, 3.05) is 67.8 Å². The number of carboxylic acids is 1. The van der Waals surface area contributed by atoms with Crippen molar-refractivity contribution in [2.24, 2.45) is 29.6 Å². The zero-order valence-electron chi connectivity index (χ0n) is 48.9. The molecule has 438 valence electrons. The van der Waals surface area contributed by atoms with Gasteiger partial charge in [0.2, 0.25) is 29.5 Å². The molecule has 2 heterocycles. The number of rotatable bonds is 36. The number of nitrogens with zero attached hydrogens (tertiary/aromatic N) is 4. The Labute approximate surface area is 468 Å². The van der Waals surface area contributed by atoms with Crippen LogP contribution in [-0.4, -0.2) is 175 Å². The topological polar surface area (TPSA) is 224 Å². The van der Waals surface area contributed by atoms with Crippen molar-refractivity contribution in [3.63, 3.8) is 0 Å². The minimum atomic E-state index is -1.26. The standard InChI is InChI=1S/C61H90N4O14/c1-12-41(4)57(51(76-10)39-56(72)64-29-16-19-49(64)58(77-11)42(5)50(67)37-46(60(74)75)35-44-17-14-13-15-18-44)62(8)59(73)48(40(2)3)38-52(68)61(6,7)63(9)53(69)28-32-79-34-33-78-31-27-47(66)36-45-22-20-43(21-23-45)24-25-54(70)65-30-26-55(65)71/h13-15,17-18,20-23,40-42,46,48-49,51,57-58H,12,16,19,24-39H2,1-11H3,(H,74,75)/t41-,42-,46+,48-,49-,51+,57-,58+/m0/s1. The number of likely N-dealkylation sites (tertiary alicyclic amines) is 2. The molecule has 2 saturated heterocycles. The van der Waals surface area contributed by atoms with Gasteiger partial charge in [-0.15, -0.1) is 0 Å². The van der Waals surface area contributed by atoms with Gasteiger partial charge in [0.05, 0.1) is 75.0 Å². The third kappa shape index (κ3) is 19.0. The number of benzene rings is 2. The smallest absolute Gasteiger partial charge is 0.307 e. The zero-order chi connectivity index (χ0) is 58.6. The summed E-state index contributed by atoms with van der Waals surface area (Å²) in [4.78, 5) is 125. The number of imide groups is 1. The Balaban J connectivity index is 1.25. The number of aliphatic carboxylic acids is 1. The van der Waals surface area contributed by atoms with E-state index in [1.54, 1.807) is 44.7 Å². The van der Waals surface area contributed by atoms with Crippen molar-refractivity contribution in [1.82, 2.24) is 19.6 Å². The Morgan fingerprint density at radius 2 is 1.39 bits per heavy atom. The minimum Gasteiger partial charge on any atom is -0.481 e. The van der Waals surface area contributed by atoms with E-state index in [2.05, 4.69) is 0 Å². The number of hydrogen-bond acceptors (Lipinski definition) is 13. The lowest BCUT2D eigenvalue weighted by molar-refractivity contribution is -0.152. The van der Waals surface area contributed by atoms with Crippen LogP contribution in [0.4, 0.5) is 0 Å². The van der Waals surface area contributed by atoms with Crippen LogP contribution in [0.5, 0.6) is 0 Å². The van der Waals surface area contributed by atoms with Crippen LogP contribution >= 0.6 is 0 Å². The van der Waals surface area contributed by atoms with Crippen LogP contribution in [0.15, 0.2) is 54.6 Å². The first-order chi connectivity index (χ1) is 37.5. The third-order valence-corrected chi connectivity index (χ3v) is 16.5. The van der Waals surface area contributed by atoms with Gasteiger partial charge in [-0.3, -0.25) is 48.1 Å². The maximum Gasteiger partial charge on any atom is 0.307 e. The molecular weight excluding hydrogens is 1010 g/mol. The molecule has 18 heteroatoms. The number of methoxy groups -OCH3 is 2. The number of carboxylic acid groups (broad SMARTS) is 1. The predicted octanol–water partition coefficient (Wildman–Crippen LogP) is 6.59. The first-order valence-corrected chi connectivity index (χ1v) is 28.3. The third-order valence-electron chi connectivity index (χ3n) is 16.5. The quantitative estimate of drug-likeness (QED) is 0.0562. The highest BCUT2D eigenvalue weighted by Gasteiger charge is 2.44. The highest BCUT2D eigenvalue weighted by atomic mass is 16.5. The fourth-order valence-electron chi connectivity index (χ4n) is 10.7. The number of amides is 5. The molecular formula is C61H90N4O14. The van der Waals surface area contributed by atoms with Crippen LogP contribution in [0.25, 0.3) is 0 Å². The second-order valence-corrected chi connectivity index (χ2v) is 22.4. The highest BCUT2D eigenvalue weighted by molar-refractivity contribution is 5.99. The average molecular weight is 1100 g/mol. The van der Waals surface area contributed by atoms with Gasteiger partial charge >= 0.3 is 5.97 Å². The first kappa shape index (κ1) is 65.8. The molecule has 79 heavy (non-hydrogen) atoms. The zero-order valence-corrected chi connectivity index (χ0v) is 48.9. The summed E-state index contributed by atoms with van der Waals surface area (Å²) in [7, 11) is 6.27. The molecule has 8 atom stereocenters. The van der Waals surface area contributed by atoms with E-state index in [0.29, 0.717) is 45.2 Å².